The van der Waals surface area contributed by atoms with Crippen molar-refractivity contribution < 1.29 is 19.1 Å². The van der Waals surface area contributed by atoms with Crippen LogP contribution < -0.4 is 24.6 Å². The van der Waals surface area contributed by atoms with Crippen LogP contribution in [0.15, 0.2) is 65.7 Å². The van der Waals surface area contributed by atoms with Gasteiger partial charge in [-0.05, 0) is 41.8 Å². The predicted octanol–water partition coefficient (Wildman–Crippen LogP) is 3.98. The van der Waals surface area contributed by atoms with Crippen LogP contribution in [-0.2, 0) is 9.59 Å². The topological polar surface area (TPSA) is 71.1 Å². The Bertz CT molecular complexity index is 1230. The van der Waals surface area contributed by atoms with E-state index in [0.717, 1.165) is 10.6 Å². The van der Waals surface area contributed by atoms with Crippen molar-refractivity contribution in [1.82, 2.24) is 0 Å². The number of anilines is 3. The van der Waals surface area contributed by atoms with Crippen LogP contribution in [0, 0.1) is 0 Å². The lowest BCUT2D eigenvalue weighted by Crippen LogP contribution is -2.32. The summed E-state index contributed by atoms with van der Waals surface area (Å²) in [5, 5.41) is 5.06. The number of imide groups is 1. The molecule has 1 N–H and O–H groups in total. The Labute approximate surface area is 189 Å². The average Bonchev–Trinajstić information content (AvgIpc) is 3.40. The first kappa shape index (κ1) is 20.1. The van der Waals surface area contributed by atoms with Crippen LogP contribution in [0.1, 0.15) is 4.88 Å². The summed E-state index contributed by atoms with van der Waals surface area (Å²) in [5.74, 6) is 0.509. The number of carbonyl (C=O) groups excluding carboxylic acids is 2. The first-order valence-electron chi connectivity index (χ1n) is 10.1. The number of hydrogen-bond acceptors (Lipinski definition) is 7. The maximum absolute atomic E-state index is 13.5. The normalized spacial score (nSPS) is 15.4. The van der Waals surface area contributed by atoms with E-state index in [-0.39, 0.29) is 11.6 Å². The summed E-state index contributed by atoms with van der Waals surface area (Å²) in [6.07, 6.45) is 0. The minimum atomic E-state index is -0.399. The van der Waals surface area contributed by atoms with Gasteiger partial charge in [-0.15, -0.1) is 11.3 Å². The number of nitrogens with one attached hydrogen (secondary N) is 1. The van der Waals surface area contributed by atoms with E-state index >= 15 is 0 Å². The number of nitrogens with zero attached hydrogens (tertiary/aromatic N) is 2. The van der Waals surface area contributed by atoms with Crippen molar-refractivity contribution >= 4 is 45.8 Å². The Balaban J connectivity index is 1.55. The molecule has 3 aromatic rings. The van der Waals surface area contributed by atoms with E-state index in [2.05, 4.69) is 5.32 Å². The summed E-state index contributed by atoms with van der Waals surface area (Å²) >= 11 is 1.42. The highest BCUT2D eigenvalue weighted by atomic mass is 32.1. The van der Waals surface area contributed by atoms with E-state index in [9.17, 15) is 9.59 Å². The van der Waals surface area contributed by atoms with Gasteiger partial charge >= 0.3 is 0 Å². The second kappa shape index (κ2) is 8.05. The summed E-state index contributed by atoms with van der Waals surface area (Å²) in [6.45, 7) is 0.967. The number of carbonyl (C=O) groups is 2. The average molecular weight is 448 g/mol. The second-order valence-corrected chi connectivity index (χ2v) is 8.52. The number of amides is 2. The minimum absolute atomic E-state index is 0.240. The van der Waals surface area contributed by atoms with Crippen molar-refractivity contribution in [1.29, 1.82) is 0 Å². The molecule has 3 heterocycles. The molecule has 2 aromatic carbocycles. The van der Waals surface area contributed by atoms with E-state index in [4.69, 9.17) is 9.47 Å². The molecule has 0 spiro atoms. The van der Waals surface area contributed by atoms with Gasteiger partial charge in [0.05, 0.1) is 11.3 Å². The Morgan fingerprint density at radius 1 is 0.938 bits per heavy atom. The van der Waals surface area contributed by atoms with Crippen LogP contribution in [0.25, 0.3) is 5.57 Å². The molecule has 0 atom stereocenters. The second-order valence-electron chi connectivity index (χ2n) is 7.57. The van der Waals surface area contributed by atoms with Crippen molar-refractivity contribution in [3.63, 3.8) is 0 Å². The molecule has 0 radical (unpaired) electrons. The van der Waals surface area contributed by atoms with Gasteiger partial charge in [-0.1, -0.05) is 12.1 Å². The van der Waals surface area contributed by atoms with Gasteiger partial charge in [-0.2, -0.15) is 0 Å². The molecule has 7 nitrogen and oxygen atoms in total. The Hall–Kier alpha value is -3.78. The summed E-state index contributed by atoms with van der Waals surface area (Å²) in [5.41, 5.74) is 2.66. The third kappa shape index (κ3) is 3.48. The van der Waals surface area contributed by atoms with Crippen molar-refractivity contribution in [2.45, 2.75) is 0 Å². The highest BCUT2D eigenvalue weighted by Crippen LogP contribution is 2.38. The molecular formula is C24H21N3O4S. The maximum atomic E-state index is 13.5. The molecule has 2 aliphatic rings. The number of ether oxygens (including phenoxy) is 2. The molecular weight excluding hydrogens is 426 g/mol. The minimum Gasteiger partial charge on any atom is -0.486 e. The molecule has 32 heavy (non-hydrogen) atoms. The van der Waals surface area contributed by atoms with Gasteiger partial charge in [0.25, 0.3) is 11.8 Å². The Kier molecular flexibility index (Phi) is 5.07. The fraction of sp³-hybridized carbons (Fsp3) is 0.167. The highest BCUT2D eigenvalue weighted by molar-refractivity contribution is 7.11. The molecule has 162 valence electrons. The van der Waals surface area contributed by atoms with Crippen molar-refractivity contribution in [3.05, 3.63) is 70.6 Å². The molecule has 8 heteroatoms. The molecule has 0 saturated heterocycles. The van der Waals surface area contributed by atoms with Gasteiger partial charge in [0.2, 0.25) is 0 Å². The molecule has 2 amide bonds. The van der Waals surface area contributed by atoms with Gasteiger partial charge in [0, 0.05) is 36.4 Å². The third-order valence-corrected chi connectivity index (χ3v) is 6.15. The number of fused-ring (bicyclic) bond motifs is 1. The zero-order chi connectivity index (χ0) is 22.2. The molecule has 0 saturated carbocycles. The van der Waals surface area contributed by atoms with E-state index in [1.807, 2.05) is 54.7 Å². The largest absolute Gasteiger partial charge is 0.486 e. The lowest BCUT2D eigenvalue weighted by Gasteiger charge is -2.20. The summed E-state index contributed by atoms with van der Waals surface area (Å²) in [6, 6.07) is 16.4. The molecule has 1 aromatic heterocycles. The zero-order valence-corrected chi connectivity index (χ0v) is 18.4. The Morgan fingerprint density at radius 2 is 1.75 bits per heavy atom. The lowest BCUT2D eigenvalue weighted by molar-refractivity contribution is -0.120. The fourth-order valence-corrected chi connectivity index (χ4v) is 4.47. The van der Waals surface area contributed by atoms with E-state index < -0.39 is 5.91 Å². The smallest absolute Gasteiger partial charge is 0.282 e. The summed E-state index contributed by atoms with van der Waals surface area (Å²) < 4.78 is 11.2. The summed E-state index contributed by atoms with van der Waals surface area (Å²) in [4.78, 5) is 30.9. The molecule has 0 bridgehead atoms. The number of rotatable bonds is 5. The van der Waals surface area contributed by atoms with Crippen LogP contribution in [0.3, 0.4) is 0 Å². The van der Waals surface area contributed by atoms with Gasteiger partial charge < -0.3 is 19.7 Å². The van der Waals surface area contributed by atoms with Crippen LogP contribution in [0.4, 0.5) is 17.1 Å². The number of benzene rings is 2. The SMILES string of the molecule is CN(C)c1cccc(N2C(=O)C(Nc3ccc4c(c3)OCCO4)=C(c3cccs3)C2=O)c1. The van der Waals surface area contributed by atoms with Gasteiger partial charge in [-0.25, -0.2) is 4.90 Å². The van der Waals surface area contributed by atoms with Crippen LogP contribution in [0.5, 0.6) is 11.5 Å². The van der Waals surface area contributed by atoms with Crippen molar-refractivity contribution in [3.8, 4) is 11.5 Å². The van der Waals surface area contributed by atoms with E-state index in [1.165, 1.54) is 16.2 Å². The third-order valence-electron chi connectivity index (χ3n) is 5.27. The molecule has 0 aliphatic carbocycles. The maximum Gasteiger partial charge on any atom is 0.282 e. The van der Waals surface area contributed by atoms with E-state index in [1.54, 1.807) is 24.3 Å². The van der Waals surface area contributed by atoms with Crippen LogP contribution >= 0.6 is 11.3 Å². The van der Waals surface area contributed by atoms with Gasteiger partial charge in [0.1, 0.15) is 18.9 Å². The predicted molar refractivity (Wildman–Crippen MR) is 126 cm³/mol. The standard InChI is InChI=1S/C24H21N3O4S/c1-26(2)16-5-3-6-17(14-16)27-23(28)21(20-7-4-12-32-20)22(24(27)29)25-15-8-9-18-19(13-15)31-11-10-30-18/h3-9,12-14,25H,10-11H2,1-2H3. The monoisotopic (exact) mass is 447 g/mol. The van der Waals surface area contributed by atoms with Crippen molar-refractivity contribution in [2.75, 3.05) is 42.4 Å². The molecule has 2 aliphatic heterocycles. The number of thiophene rings is 1. The first-order chi connectivity index (χ1) is 15.5. The van der Waals surface area contributed by atoms with Gasteiger partial charge in [-0.3, -0.25) is 9.59 Å². The van der Waals surface area contributed by atoms with Crippen LogP contribution in [-0.4, -0.2) is 39.1 Å². The molecule has 5 rings (SSSR count). The quantitative estimate of drug-likeness (QED) is 0.597. The van der Waals surface area contributed by atoms with E-state index in [0.29, 0.717) is 41.7 Å². The molecule has 0 unspecified atom stereocenters. The first-order valence-corrected chi connectivity index (χ1v) is 11.0. The fourth-order valence-electron chi connectivity index (χ4n) is 3.71. The highest BCUT2D eigenvalue weighted by Gasteiger charge is 2.41. The van der Waals surface area contributed by atoms with Crippen molar-refractivity contribution in [2.24, 2.45) is 0 Å². The summed E-state index contributed by atoms with van der Waals surface area (Å²) in [7, 11) is 3.83. The van der Waals surface area contributed by atoms with Gasteiger partial charge in [0.15, 0.2) is 11.5 Å². The zero-order valence-electron chi connectivity index (χ0n) is 17.6. The lowest BCUT2D eigenvalue weighted by atomic mass is 10.1. The molecule has 0 fully saturated rings. The van der Waals surface area contributed by atoms with Crippen LogP contribution in [0.2, 0.25) is 0 Å². The number of hydrogen-bond donors (Lipinski definition) is 1. The Morgan fingerprint density at radius 3 is 2.50 bits per heavy atom.